The third-order valence-corrected chi connectivity index (χ3v) is 3.99. The largest absolute Gasteiger partial charge is 0.236 e. The van der Waals surface area contributed by atoms with Crippen LogP contribution in [-0.2, 0) is 5.33 Å². The SMILES string of the molecule is Cc1nn(-c2c(Cl)cccc2CBr)c(C)c1C. The summed E-state index contributed by atoms with van der Waals surface area (Å²) >= 11 is 9.78. The summed E-state index contributed by atoms with van der Waals surface area (Å²) in [6.45, 7) is 6.17. The highest BCUT2D eigenvalue weighted by Crippen LogP contribution is 2.28. The minimum Gasteiger partial charge on any atom is -0.236 e. The van der Waals surface area contributed by atoms with Gasteiger partial charge in [0.05, 0.1) is 16.4 Å². The van der Waals surface area contributed by atoms with E-state index in [9.17, 15) is 0 Å². The van der Waals surface area contributed by atoms with Crippen LogP contribution in [0.2, 0.25) is 5.02 Å². The number of hydrogen-bond donors (Lipinski definition) is 0. The van der Waals surface area contributed by atoms with E-state index in [-0.39, 0.29) is 0 Å². The second-order valence-corrected chi connectivity index (χ2v) is 5.06. The van der Waals surface area contributed by atoms with Gasteiger partial charge in [-0.15, -0.1) is 0 Å². The zero-order chi connectivity index (χ0) is 12.6. The molecule has 0 aliphatic rings. The molecule has 1 aromatic carbocycles. The zero-order valence-electron chi connectivity index (χ0n) is 10.1. The number of hydrogen-bond acceptors (Lipinski definition) is 1. The van der Waals surface area contributed by atoms with E-state index in [1.54, 1.807) is 0 Å². The molecule has 4 heteroatoms. The molecular formula is C13H14BrClN2. The van der Waals surface area contributed by atoms with Crippen molar-refractivity contribution in [2.45, 2.75) is 26.1 Å². The van der Waals surface area contributed by atoms with E-state index in [1.165, 1.54) is 5.56 Å². The fraction of sp³-hybridized carbons (Fsp3) is 0.308. The smallest absolute Gasteiger partial charge is 0.0875 e. The number of aryl methyl sites for hydroxylation is 1. The zero-order valence-corrected chi connectivity index (χ0v) is 12.4. The number of alkyl halides is 1. The molecule has 0 fully saturated rings. The molecule has 90 valence electrons. The Balaban J connectivity index is 2.72. The molecule has 0 bridgehead atoms. The summed E-state index contributed by atoms with van der Waals surface area (Å²) in [5.74, 6) is 0. The van der Waals surface area contributed by atoms with Gasteiger partial charge in [0.2, 0.25) is 0 Å². The van der Waals surface area contributed by atoms with Crippen molar-refractivity contribution in [3.05, 3.63) is 45.7 Å². The van der Waals surface area contributed by atoms with Crippen LogP contribution in [0.25, 0.3) is 5.69 Å². The first-order valence-electron chi connectivity index (χ1n) is 5.42. The van der Waals surface area contributed by atoms with Gasteiger partial charge in [-0.3, -0.25) is 0 Å². The van der Waals surface area contributed by atoms with Crippen LogP contribution in [-0.4, -0.2) is 9.78 Å². The van der Waals surface area contributed by atoms with Crippen LogP contribution in [0.3, 0.4) is 0 Å². The van der Waals surface area contributed by atoms with Crippen molar-refractivity contribution >= 4 is 27.5 Å². The van der Waals surface area contributed by atoms with Gasteiger partial charge in [-0.05, 0) is 38.0 Å². The second kappa shape index (κ2) is 4.83. The molecule has 0 atom stereocenters. The molecule has 2 rings (SSSR count). The van der Waals surface area contributed by atoms with Gasteiger partial charge in [0.1, 0.15) is 0 Å². The maximum Gasteiger partial charge on any atom is 0.0875 e. The highest BCUT2D eigenvalue weighted by Gasteiger charge is 2.14. The fourth-order valence-corrected chi connectivity index (χ4v) is 2.57. The van der Waals surface area contributed by atoms with Crippen molar-refractivity contribution in [1.29, 1.82) is 0 Å². The average Bonchev–Trinajstić information content (AvgIpc) is 2.56. The monoisotopic (exact) mass is 312 g/mol. The van der Waals surface area contributed by atoms with Crippen LogP contribution in [0.15, 0.2) is 18.2 Å². The fourth-order valence-electron chi connectivity index (χ4n) is 1.84. The molecule has 0 unspecified atom stereocenters. The highest BCUT2D eigenvalue weighted by molar-refractivity contribution is 9.08. The lowest BCUT2D eigenvalue weighted by atomic mass is 10.2. The van der Waals surface area contributed by atoms with Gasteiger partial charge in [-0.25, -0.2) is 4.68 Å². The van der Waals surface area contributed by atoms with Crippen molar-refractivity contribution in [2.75, 3.05) is 0 Å². The molecule has 1 heterocycles. The van der Waals surface area contributed by atoms with Crippen LogP contribution >= 0.6 is 27.5 Å². The van der Waals surface area contributed by atoms with E-state index in [0.29, 0.717) is 0 Å². The van der Waals surface area contributed by atoms with E-state index < -0.39 is 0 Å². The Kier molecular flexibility index (Phi) is 3.59. The molecule has 0 N–H and O–H groups in total. The second-order valence-electron chi connectivity index (χ2n) is 4.09. The minimum atomic E-state index is 0.729. The van der Waals surface area contributed by atoms with Gasteiger partial charge in [0, 0.05) is 11.0 Å². The van der Waals surface area contributed by atoms with Gasteiger partial charge in [0.15, 0.2) is 0 Å². The summed E-state index contributed by atoms with van der Waals surface area (Å²) in [6, 6.07) is 5.91. The molecular weight excluding hydrogens is 300 g/mol. The van der Waals surface area contributed by atoms with Gasteiger partial charge in [0.25, 0.3) is 0 Å². The van der Waals surface area contributed by atoms with Gasteiger partial charge in [-0.2, -0.15) is 5.10 Å². The Labute approximate surface area is 115 Å². The highest BCUT2D eigenvalue weighted by atomic mass is 79.9. The van der Waals surface area contributed by atoms with Crippen molar-refractivity contribution in [1.82, 2.24) is 9.78 Å². The lowest BCUT2D eigenvalue weighted by Gasteiger charge is -2.11. The van der Waals surface area contributed by atoms with Crippen LogP contribution in [0.4, 0.5) is 0 Å². The summed E-state index contributed by atoms with van der Waals surface area (Å²) < 4.78 is 1.93. The Bertz CT molecular complexity index is 561. The minimum absolute atomic E-state index is 0.729. The number of nitrogens with zero attached hydrogens (tertiary/aromatic N) is 2. The predicted molar refractivity (Wildman–Crippen MR) is 75.4 cm³/mol. The van der Waals surface area contributed by atoms with E-state index >= 15 is 0 Å². The molecule has 1 aromatic heterocycles. The van der Waals surface area contributed by atoms with Crippen molar-refractivity contribution in [3.8, 4) is 5.69 Å². The van der Waals surface area contributed by atoms with Crippen LogP contribution in [0.1, 0.15) is 22.5 Å². The van der Waals surface area contributed by atoms with Crippen LogP contribution in [0, 0.1) is 20.8 Å². The first-order chi connectivity index (χ1) is 8.06. The first kappa shape index (κ1) is 12.7. The maximum atomic E-state index is 6.29. The van der Waals surface area contributed by atoms with E-state index in [0.717, 1.165) is 33.0 Å². The van der Waals surface area contributed by atoms with Crippen molar-refractivity contribution in [2.24, 2.45) is 0 Å². The van der Waals surface area contributed by atoms with Crippen LogP contribution in [0.5, 0.6) is 0 Å². The standard InChI is InChI=1S/C13H14BrClN2/c1-8-9(2)16-17(10(8)3)13-11(7-14)5-4-6-12(13)15/h4-6H,7H2,1-3H3. The van der Waals surface area contributed by atoms with E-state index in [2.05, 4.69) is 40.9 Å². The normalized spacial score (nSPS) is 10.9. The molecule has 0 aliphatic carbocycles. The first-order valence-corrected chi connectivity index (χ1v) is 6.92. The Morgan fingerprint density at radius 3 is 2.53 bits per heavy atom. The molecule has 0 spiro atoms. The molecule has 17 heavy (non-hydrogen) atoms. The van der Waals surface area contributed by atoms with E-state index in [1.807, 2.05) is 23.7 Å². The average molecular weight is 314 g/mol. The van der Waals surface area contributed by atoms with Crippen molar-refractivity contribution < 1.29 is 0 Å². The summed E-state index contributed by atoms with van der Waals surface area (Å²) in [5.41, 5.74) is 5.51. The van der Waals surface area contributed by atoms with Crippen LogP contribution < -0.4 is 0 Å². The number of benzene rings is 1. The number of aromatic nitrogens is 2. The number of para-hydroxylation sites is 1. The Morgan fingerprint density at radius 1 is 1.29 bits per heavy atom. The maximum absolute atomic E-state index is 6.29. The molecule has 0 aliphatic heterocycles. The number of rotatable bonds is 2. The number of halogens is 2. The van der Waals surface area contributed by atoms with Gasteiger partial charge >= 0.3 is 0 Å². The molecule has 0 saturated heterocycles. The topological polar surface area (TPSA) is 17.8 Å². The Hall–Kier alpha value is -0.800. The lowest BCUT2D eigenvalue weighted by Crippen LogP contribution is -2.03. The molecule has 0 radical (unpaired) electrons. The summed E-state index contributed by atoms with van der Waals surface area (Å²) in [7, 11) is 0. The van der Waals surface area contributed by atoms with Gasteiger partial charge in [-0.1, -0.05) is 39.7 Å². The Morgan fingerprint density at radius 2 is 2.00 bits per heavy atom. The predicted octanol–water partition coefficient (Wildman–Crippen LogP) is 4.35. The quantitative estimate of drug-likeness (QED) is 0.754. The molecule has 0 saturated carbocycles. The summed E-state index contributed by atoms with van der Waals surface area (Å²) in [4.78, 5) is 0. The van der Waals surface area contributed by atoms with Crippen molar-refractivity contribution in [3.63, 3.8) is 0 Å². The third-order valence-electron chi connectivity index (χ3n) is 3.08. The third kappa shape index (κ3) is 2.14. The molecule has 2 aromatic rings. The van der Waals surface area contributed by atoms with E-state index in [4.69, 9.17) is 11.6 Å². The molecule has 2 nitrogen and oxygen atoms in total. The van der Waals surface area contributed by atoms with Gasteiger partial charge < -0.3 is 0 Å². The molecule has 0 amide bonds. The summed E-state index contributed by atoms with van der Waals surface area (Å²) in [6.07, 6.45) is 0. The lowest BCUT2D eigenvalue weighted by molar-refractivity contribution is 0.826. The summed E-state index contributed by atoms with van der Waals surface area (Å²) in [5, 5.41) is 6.05.